The van der Waals surface area contributed by atoms with Crippen LogP contribution in [0.1, 0.15) is 20.8 Å². The molecule has 7 heteroatoms. The van der Waals surface area contributed by atoms with Crippen LogP contribution in [0.3, 0.4) is 0 Å². The molecule has 1 aromatic carbocycles. The zero-order valence-corrected chi connectivity index (χ0v) is 13.1. The summed E-state index contributed by atoms with van der Waals surface area (Å²) in [5, 5.41) is 0. The molecule has 0 aliphatic rings. The van der Waals surface area contributed by atoms with E-state index < -0.39 is 10.0 Å². The molecule has 0 bridgehead atoms. The second kappa shape index (κ2) is 6.43. The van der Waals surface area contributed by atoms with Crippen LogP contribution in [0.5, 0.6) is 5.75 Å². The molecule has 0 aliphatic heterocycles. The fourth-order valence-electron chi connectivity index (χ4n) is 1.48. The topological polar surface area (TPSA) is 90.7 Å². The Morgan fingerprint density at radius 3 is 2.40 bits per heavy atom. The van der Waals surface area contributed by atoms with Crippen LogP contribution >= 0.6 is 0 Å². The fraction of sp³-hybridized carbons (Fsp3) is 0.538. The number of anilines is 1. The van der Waals surface area contributed by atoms with Gasteiger partial charge in [0.15, 0.2) is 0 Å². The summed E-state index contributed by atoms with van der Waals surface area (Å²) in [5.41, 5.74) is 5.66. The SMILES string of the molecule is CNS(=O)(=O)c1ccc(OCCOC(C)(C)C)cc1N. The number of hydrogen-bond acceptors (Lipinski definition) is 5. The molecule has 0 saturated heterocycles. The van der Waals surface area contributed by atoms with Crippen LogP contribution in [0.2, 0.25) is 0 Å². The molecule has 3 N–H and O–H groups in total. The summed E-state index contributed by atoms with van der Waals surface area (Å²) in [4.78, 5) is 0.0401. The highest BCUT2D eigenvalue weighted by Crippen LogP contribution is 2.23. The van der Waals surface area contributed by atoms with Crippen molar-refractivity contribution in [1.82, 2.24) is 4.72 Å². The Kier molecular flexibility index (Phi) is 5.38. The Morgan fingerprint density at radius 1 is 1.25 bits per heavy atom. The molecule has 0 aliphatic carbocycles. The van der Waals surface area contributed by atoms with Gasteiger partial charge in [-0.3, -0.25) is 0 Å². The van der Waals surface area contributed by atoms with Crippen LogP contribution in [0, 0.1) is 0 Å². The van der Waals surface area contributed by atoms with Crippen LogP contribution < -0.4 is 15.2 Å². The van der Waals surface area contributed by atoms with Crippen LogP contribution in [-0.4, -0.2) is 34.3 Å². The number of rotatable bonds is 6. The van der Waals surface area contributed by atoms with E-state index in [-0.39, 0.29) is 16.2 Å². The number of ether oxygens (including phenoxy) is 2. The standard InChI is InChI=1S/C13H22N2O4S/c1-13(2,3)19-8-7-18-10-5-6-12(11(14)9-10)20(16,17)15-4/h5-6,9,15H,7-8,14H2,1-4H3. The minimum Gasteiger partial charge on any atom is -0.491 e. The Labute approximate surface area is 120 Å². The molecule has 0 aromatic heterocycles. The monoisotopic (exact) mass is 302 g/mol. The number of nitrogens with two attached hydrogens (primary N) is 1. The van der Waals surface area contributed by atoms with Gasteiger partial charge in [0, 0.05) is 6.07 Å². The van der Waals surface area contributed by atoms with E-state index >= 15 is 0 Å². The highest BCUT2D eigenvalue weighted by atomic mass is 32.2. The van der Waals surface area contributed by atoms with Gasteiger partial charge in [0.05, 0.1) is 17.9 Å². The van der Waals surface area contributed by atoms with E-state index in [1.54, 1.807) is 6.07 Å². The van der Waals surface area contributed by atoms with Gasteiger partial charge in [0.1, 0.15) is 17.3 Å². The van der Waals surface area contributed by atoms with Gasteiger partial charge in [-0.15, -0.1) is 0 Å². The summed E-state index contributed by atoms with van der Waals surface area (Å²) in [7, 11) is -2.21. The van der Waals surface area contributed by atoms with Crippen molar-refractivity contribution in [2.24, 2.45) is 0 Å². The van der Waals surface area contributed by atoms with Gasteiger partial charge in [0.2, 0.25) is 10.0 Å². The molecule has 1 aromatic rings. The van der Waals surface area contributed by atoms with Gasteiger partial charge in [0.25, 0.3) is 0 Å². The van der Waals surface area contributed by atoms with Gasteiger partial charge in [-0.2, -0.15) is 0 Å². The summed E-state index contributed by atoms with van der Waals surface area (Å²) in [6.07, 6.45) is 0. The molecule has 0 unspecified atom stereocenters. The zero-order chi connectivity index (χ0) is 15.4. The van der Waals surface area contributed by atoms with Crippen molar-refractivity contribution >= 4 is 15.7 Å². The van der Waals surface area contributed by atoms with E-state index in [0.29, 0.717) is 19.0 Å². The van der Waals surface area contributed by atoms with E-state index in [4.69, 9.17) is 15.2 Å². The Morgan fingerprint density at radius 2 is 1.90 bits per heavy atom. The Hall–Kier alpha value is -1.31. The molecule has 114 valence electrons. The number of nitrogens with one attached hydrogen (secondary N) is 1. The van der Waals surface area contributed by atoms with Crippen molar-refractivity contribution in [2.45, 2.75) is 31.3 Å². The van der Waals surface area contributed by atoms with Crippen LogP contribution in [0.4, 0.5) is 5.69 Å². The normalized spacial score (nSPS) is 12.4. The number of nitrogen functional groups attached to an aromatic ring is 1. The molecule has 0 fully saturated rings. The second-order valence-electron chi connectivity index (χ2n) is 5.22. The molecule has 1 rings (SSSR count). The second-order valence-corrected chi connectivity index (χ2v) is 7.07. The van der Waals surface area contributed by atoms with Crippen molar-refractivity contribution in [1.29, 1.82) is 0 Å². The van der Waals surface area contributed by atoms with Crippen molar-refractivity contribution < 1.29 is 17.9 Å². The maximum absolute atomic E-state index is 11.7. The lowest BCUT2D eigenvalue weighted by Gasteiger charge is -2.19. The average Bonchev–Trinajstić information content (AvgIpc) is 2.33. The first-order chi connectivity index (χ1) is 9.15. The minimum absolute atomic E-state index is 0.0401. The van der Waals surface area contributed by atoms with Crippen molar-refractivity contribution in [3.05, 3.63) is 18.2 Å². The maximum atomic E-state index is 11.7. The Balaban J connectivity index is 2.65. The van der Waals surface area contributed by atoms with E-state index in [0.717, 1.165) is 0 Å². The highest BCUT2D eigenvalue weighted by molar-refractivity contribution is 7.89. The van der Waals surface area contributed by atoms with E-state index in [9.17, 15) is 8.42 Å². The van der Waals surface area contributed by atoms with Crippen LogP contribution in [0.25, 0.3) is 0 Å². The summed E-state index contributed by atoms with van der Waals surface area (Å²) < 4.78 is 36.5. The number of benzene rings is 1. The van der Waals surface area contributed by atoms with Crippen molar-refractivity contribution in [3.8, 4) is 5.75 Å². The van der Waals surface area contributed by atoms with Gasteiger partial charge in [-0.05, 0) is 40.0 Å². The average molecular weight is 302 g/mol. The molecule has 0 atom stereocenters. The van der Waals surface area contributed by atoms with Gasteiger partial charge in [-0.25, -0.2) is 13.1 Å². The third-order valence-corrected chi connectivity index (χ3v) is 3.91. The fourth-order valence-corrected chi connectivity index (χ4v) is 2.31. The molecule has 0 heterocycles. The zero-order valence-electron chi connectivity index (χ0n) is 12.3. The van der Waals surface area contributed by atoms with E-state index in [1.165, 1.54) is 19.2 Å². The van der Waals surface area contributed by atoms with Crippen LogP contribution in [-0.2, 0) is 14.8 Å². The van der Waals surface area contributed by atoms with Crippen LogP contribution in [0.15, 0.2) is 23.1 Å². The first-order valence-electron chi connectivity index (χ1n) is 6.25. The van der Waals surface area contributed by atoms with Crippen molar-refractivity contribution in [3.63, 3.8) is 0 Å². The highest BCUT2D eigenvalue weighted by Gasteiger charge is 2.15. The molecular weight excluding hydrogens is 280 g/mol. The molecule has 0 saturated carbocycles. The third-order valence-electron chi connectivity index (χ3n) is 2.43. The summed E-state index contributed by atoms with van der Waals surface area (Å²) in [6.45, 7) is 6.70. The quantitative estimate of drug-likeness (QED) is 0.612. The summed E-state index contributed by atoms with van der Waals surface area (Å²) in [5.74, 6) is 0.509. The molecule has 0 radical (unpaired) electrons. The van der Waals surface area contributed by atoms with Gasteiger partial charge in [-0.1, -0.05) is 0 Å². The van der Waals surface area contributed by atoms with Gasteiger partial charge < -0.3 is 15.2 Å². The van der Waals surface area contributed by atoms with E-state index in [1.807, 2.05) is 20.8 Å². The molecular formula is C13H22N2O4S. The van der Waals surface area contributed by atoms with E-state index in [2.05, 4.69) is 4.72 Å². The summed E-state index contributed by atoms with van der Waals surface area (Å²) >= 11 is 0. The predicted octanol–water partition coefficient (Wildman–Crippen LogP) is 1.37. The molecule has 20 heavy (non-hydrogen) atoms. The van der Waals surface area contributed by atoms with Gasteiger partial charge >= 0.3 is 0 Å². The number of sulfonamides is 1. The predicted molar refractivity (Wildman–Crippen MR) is 78.3 cm³/mol. The lowest BCUT2D eigenvalue weighted by atomic mass is 10.2. The lowest BCUT2D eigenvalue weighted by Crippen LogP contribution is -2.22. The third kappa shape index (κ3) is 4.99. The first kappa shape index (κ1) is 16.7. The molecule has 0 spiro atoms. The lowest BCUT2D eigenvalue weighted by molar-refractivity contribution is -0.0163. The first-order valence-corrected chi connectivity index (χ1v) is 7.74. The smallest absolute Gasteiger partial charge is 0.242 e. The summed E-state index contributed by atoms with van der Waals surface area (Å²) in [6, 6.07) is 4.47. The minimum atomic E-state index is -3.55. The molecule has 0 amide bonds. The molecule has 6 nitrogen and oxygen atoms in total. The number of hydrogen-bond donors (Lipinski definition) is 2. The maximum Gasteiger partial charge on any atom is 0.242 e. The largest absolute Gasteiger partial charge is 0.491 e. The van der Waals surface area contributed by atoms with Crippen molar-refractivity contribution in [2.75, 3.05) is 26.0 Å². The Bertz CT molecular complexity index is 550.